The number of aryl methyl sites for hydroxylation is 1. The number of amides is 1. The number of carbonyl (C=O) groups excluding carboxylic acids is 1. The van der Waals surface area contributed by atoms with Gasteiger partial charge in [-0.3, -0.25) is 4.79 Å². The predicted molar refractivity (Wildman–Crippen MR) is 98.7 cm³/mol. The van der Waals surface area contributed by atoms with Crippen molar-refractivity contribution in [3.63, 3.8) is 0 Å². The molecule has 0 atom stereocenters. The molecule has 1 aromatic carbocycles. The topological polar surface area (TPSA) is 59.8 Å². The van der Waals surface area contributed by atoms with Crippen LogP contribution in [0.25, 0.3) is 0 Å². The molecule has 1 amide bonds. The quantitative estimate of drug-likeness (QED) is 0.572. The number of benzene rings is 1. The van der Waals surface area contributed by atoms with Gasteiger partial charge in [-0.25, -0.2) is 0 Å². The maximum absolute atomic E-state index is 12.0. The molecule has 130 valence electrons. The van der Waals surface area contributed by atoms with E-state index in [1.165, 1.54) is 0 Å². The molecule has 2 rings (SSSR count). The average molecular weight is 367 g/mol. The molecule has 0 saturated heterocycles. The zero-order chi connectivity index (χ0) is 17.5. The summed E-state index contributed by atoms with van der Waals surface area (Å²) >= 11 is 7.44. The van der Waals surface area contributed by atoms with Crippen molar-refractivity contribution in [3.8, 4) is 0 Å². The van der Waals surface area contributed by atoms with E-state index in [1.54, 1.807) is 36.0 Å². The number of nitrogens with one attached hydrogen (secondary N) is 1. The number of nitrogens with zero attached hydrogens (tertiary/aromatic N) is 3. The molecule has 0 spiro atoms. The monoisotopic (exact) mass is 366 g/mol. The van der Waals surface area contributed by atoms with Crippen LogP contribution in [0.5, 0.6) is 0 Å². The summed E-state index contributed by atoms with van der Waals surface area (Å²) in [6.07, 6.45) is 3.63. The average Bonchev–Trinajstić information content (AvgIpc) is 2.93. The number of thioether (sulfide) groups is 1. The van der Waals surface area contributed by atoms with Gasteiger partial charge in [0.05, 0.1) is 0 Å². The van der Waals surface area contributed by atoms with E-state index >= 15 is 0 Å². The molecule has 0 aliphatic rings. The summed E-state index contributed by atoms with van der Waals surface area (Å²) in [5.74, 6) is 1.43. The Morgan fingerprint density at radius 3 is 2.62 bits per heavy atom. The van der Waals surface area contributed by atoms with E-state index < -0.39 is 0 Å². The molecule has 0 unspecified atom stereocenters. The van der Waals surface area contributed by atoms with Gasteiger partial charge in [0.25, 0.3) is 5.91 Å². The highest BCUT2D eigenvalue weighted by atomic mass is 35.5. The molecule has 2 aromatic rings. The molecule has 5 nitrogen and oxygen atoms in total. The second kappa shape index (κ2) is 9.08. The summed E-state index contributed by atoms with van der Waals surface area (Å²) in [5, 5.41) is 13.0. The molecule has 24 heavy (non-hydrogen) atoms. The summed E-state index contributed by atoms with van der Waals surface area (Å²) in [4.78, 5) is 12.0. The fraction of sp³-hybridized carbons (Fsp3) is 0.471. The molecule has 1 N–H and O–H groups in total. The van der Waals surface area contributed by atoms with Crippen molar-refractivity contribution in [2.75, 3.05) is 12.8 Å². The Hall–Kier alpha value is -1.53. The number of rotatable bonds is 8. The SMILES string of the molecule is CSc1nnc(CCCNC(=O)c2ccc(Cl)cc2)n1CC(C)C. The fourth-order valence-corrected chi connectivity index (χ4v) is 3.00. The smallest absolute Gasteiger partial charge is 0.251 e. The summed E-state index contributed by atoms with van der Waals surface area (Å²) < 4.78 is 2.18. The molecule has 0 aliphatic heterocycles. The third kappa shape index (κ3) is 5.24. The van der Waals surface area contributed by atoms with Gasteiger partial charge in [-0.2, -0.15) is 0 Å². The molecule has 0 bridgehead atoms. The van der Waals surface area contributed by atoms with Crippen LogP contribution in [0.15, 0.2) is 29.4 Å². The van der Waals surface area contributed by atoms with Gasteiger partial charge in [0.15, 0.2) is 5.16 Å². The summed E-state index contributed by atoms with van der Waals surface area (Å²) in [5.41, 5.74) is 0.618. The number of aromatic nitrogens is 3. The maximum Gasteiger partial charge on any atom is 0.251 e. The van der Waals surface area contributed by atoms with Crippen molar-refractivity contribution in [1.82, 2.24) is 20.1 Å². The van der Waals surface area contributed by atoms with Crippen LogP contribution < -0.4 is 5.32 Å². The van der Waals surface area contributed by atoms with Gasteiger partial charge in [-0.1, -0.05) is 37.2 Å². The Bertz CT molecular complexity index is 670. The standard InChI is InChI=1S/C17H23ClN4OS/c1-12(2)11-22-15(20-21-17(22)24-3)5-4-10-19-16(23)13-6-8-14(18)9-7-13/h6-9,12H,4-5,10-11H2,1-3H3,(H,19,23). The van der Waals surface area contributed by atoms with E-state index in [2.05, 4.69) is 33.9 Å². The zero-order valence-electron chi connectivity index (χ0n) is 14.3. The summed E-state index contributed by atoms with van der Waals surface area (Å²) in [6.45, 7) is 5.88. The molecule has 0 aliphatic carbocycles. The lowest BCUT2D eigenvalue weighted by Gasteiger charge is -2.11. The van der Waals surface area contributed by atoms with Crippen LogP contribution in [0.4, 0.5) is 0 Å². The normalized spacial score (nSPS) is 11.0. The lowest BCUT2D eigenvalue weighted by molar-refractivity contribution is 0.0953. The van der Waals surface area contributed by atoms with Crippen LogP contribution >= 0.6 is 23.4 Å². The zero-order valence-corrected chi connectivity index (χ0v) is 15.8. The molecule has 0 saturated carbocycles. The van der Waals surface area contributed by atoms with Crippen LogP contribution in [-0.2, 0) is 13.0 Å². The third-order valence-electron chi connectivity index (χ3n) is 3.49. The Labute approximate surface area is 152 Å². The fourth-order valence-electron chi connectivity index (χ4n) is 2.36. The van der Waals surface area contributed by atoms with E-state index in [0.717, 1.165) is 30.4 Å². The van der Waals surface area contributed by atoms with Gasteiger partial charge >= 0.3 is 0 Å². The molecule has 1 aromatic heterocycles. The van der Waals surface area contributed by atoms with E-state index in [-0.39, 0.29) is 5.91 Å². The molecule has 1 heterocycles. The van der Waals surface area contributed by atoms with Crippen molar-refractivity contribution >= 4 is 29.3 Å². The van der Waals surface area contributed by atoms with Crippen molar-refractivity contribution < 1.29 is 4.79 Å². The van der Waals surface area contributed by atoms with Gasteiger partial charge in [-0.15, -0.1) is 10.2 Å². The Balaban J connectivity index is 1.85. The first-order valence-electron chi connectivity index (χ1n) is 8.01. The first-order valence-corrected chi connectivity index (χ1v) is 9.61. The van der Waals surface area contributed by atoms with Crippen molar-refractivity contribution in [1.29, 1.82) is 0 Å². The minimum atomic E-state index is -0.0832. The number of carbonyl (C=O) groups is 1. The molecule has 7 heteroatoms. The number of hydrogen-bond donors (Lipinski definition) is 1. The lowest BCUT2D eigenvalue weighted by Crippen LogP contribution is -2.25. The van der Waals surface area contributed by atoms with Gasteiger partial charge in [0.1, 0.15) is 5.82 Å². The van der Waals surface area contributed by atoms with Crippen molar-refractivity contribution in [3.05, 3.63) is 40.7 Å². The first kappa shape index (κ1) is 18.8. The molecule has 0 radical (unpaired) electrons. The van der Waals surface area contributed by atoms with Crippen molar-refractivity contribution in [2.24, 2.45) is 5.92 Å². The van der Waals surface area contributed by atoms with Crippen LogP contribution in [0.2, 0.25) is 5.02 Å². The van der Waals surface area contributed by atoms with E-state index in [0.29, 0.717) is 23.0 Å². The van der Waals surface area contributed by atoms with Crippen LogP contribution in [0.3, 0.4) is 0 Å². The van der Waals surface area contributed by atoms with Gasteiger partial charge < -0.3 is 9.88 Å². The number of hydrogen-bond acceptors (Lipinski definition) is 4. The third-order valence-corrected chi connectivity index (χ3v) is 4.41. The highest BCUT2D eigenvalue weighted by Crippen LogP contribution is 2.16. The van der Waals surface area contributed by atoms with Gasteiger partial charge in [0, 0.05) is 30.1 Å². The largest absolute Gasteiger partial charge is 0.352 e. The first-order chi connectivity index (χ1) is 11.5. The minimum absolute atomic E-state index is 0.0832. The van der Waals surface area contributed by atoms with E-state index in [4.69, 9.17) is 11.6 Å². The van der Waals surface area contributed by atoms with Gasteiger partial charge in [-0.05, 0) is 42.9 Å². The Morgan fingerprint density at radius 1 is 1.29 bits per heavy atom. The highest BCUT2D eigenvalue weighted by Gasteiger charge is 2.12. The Kier molecular flexibility index (Phi) is 7.12. The van der Waals surface area contributed by atoms with Crippen LogP contribution in [0, 0.1) is 5.92 Å². The predicted octanol–water partition coefficient (Wildman–Crippen LogP) is 3.67. The highest BCUT2D eigenvalue weighted by molar-refractivity contribution is 7.98. The lowest BCUT2D eigenvalue weighted by atomic mass is 10.2. The van der Waals surface area contributed by atoms with E-state index in [9.17, 15) is 4.79 Å². The number of halogens is 1. The molecular formula is C17H23ClN4OS. The summed E-state index contributed by atoms with van der Waals surface area (Å²) in [7, 11) is 0. The second-order valence-corrected chi connectivity index (χ2v) is 7.18. The van der Waals surface area contributed by atoms with E-state index in [1.807, 2.05) is 6.26 Å². The van der Waals surface area contributed by atoms with Crippen molar-refractivity contribution in [2.45, 2.75) is 38.4 Å². The molecule has 0 fully saturated rings. The minimum Gasteiger partial charge on any atom is -0.352 e. The summed E-state index contributed by atoms with van der Waals surface area (Å²) in [6, 6.07) is 6.88. The van der Waals surface area contributed by atoms with Crippen LogP contribution in [0.1, 0.15) is 36.5 Å². The van der Waals surface area contributed by atoms with Crippen LogP contribution in [-0.4, -0.2) is 33.5 Å². The van der Waals surface area contributed by atoms with Gasteiger partial charge in [0.2, 0.25) is 0 Å². The second-order valence-electron chi connectivity index (χ2n) is 5.97. The Morgan fingerprint density at radius 2 is 2.00 bits per heavy atom. The molecular weight excluding hydrogens is 344 g/mol. The maximum atomic E-state index is 12.0.